The number of hydrogen-bond acceptors (Lipinski definition) is 3. The molecular formula is C12H17NO2S2. The quantitative estimate of drug-likeness (QED) is 0.912. The molecular weight excluding hydrogens is 254 g/mol. The van der Waals surface area contributed by atoms with Gasteiger partial charge in [-0.3, -0.25) is 0 Å². The second-order valence-electron chi connectivity index (χ2n) is 4.32. The maximum Gasteiger partial charge on any atom is 0.209 e. The molecule has 1 aromatic carbocycles. The van der Waals surface area contributed by atoms with Crippen LogP contribution in [0.2, 0.25) is 0 Å². The fourth-order valence-corrected chi connectivity index (χ4v) is 4.53. The molecule has 17 heavy (non-hydrogen) atoms. The van der Waals surface area contributed by atoms with Crippen LogP contribution in [-0.2, 0) is 16.4 Å². The van der Waals surface area contributed by atoms with E-state index in [1.807, 2.05) is 0 Å². The molecule has 0 unspecified atom stereocenters. The van der Waals surface area contributed by atoms with Gasteiger partial charge in [0, 0.05) is 11.0 Å². The normalized spacial score (nSPS) is 19.9. The number of fused-ring (bicyclic) bond motifs is 1. The molecule has 2 rings (SSSR count). The van der Waals surface area contributed by atoms with Gasteiger partial charge in [-0.25, -0.2) is 13.6 Å². The lowest BCUT2D eigenvalue weighted by Crippen LogP contribution is -2.18. The lowest BCUT2D eigenvalue weighted by Gasteiger charge is -2.24. The summed E-state index contributed by atoms with van der Waals surface area (Å²) in [5.41, 5.74) is 2.78. The van der Waals surface area contributed by atoms with Gasteiger partial charge in [0.25, 0.3) is 0 Å². The van der Waals surface area contributed by atoms with Gasteiger partial charge in [0.05, 0.1) is 5.75 Å². The molecule has 0 aromatic heterocycles. The average molecular weight is 271 g/mol. The molecule has 1 atom stereocenters. The number of thioether (sulfide) groups is 1. The van der Waals surface area contributed by atoms with Crippen LogP contribution < -0.4 is 5.14 Å². The summed E-state index contributed by atoms with van der Waals surface area (Å²) < 4.78 is 21.8. The van der Waals surface area contributed by atoms with Gasteiger partial charge in [0.2, 0.25) is 10.0 Å². The first kappa shape index (κ1) is 12.9. The molecule has 0 saturated heterocycles. The van der Waals surface area contributed by atoms with Crippen LogP contribution in [0.4, 0.5) is 0 Å². The van der Waals surface area contributed by atoms with E-state index in [0.717, 1.165) is 12.8 Å². The number of rotatable bonds is 4. The molecule has 0 aliphatic heterocycles. The first-order chi connectivity index (χ1) is 8.06. The van der Waals surface area contributed by atoms with E-state index < -0.39 is 10.0 Å². The van der Waals surface area contributed by atoms with Gasteiger partial charge in [-0.15, -0.1) is 0 Å². The van der Waals surface area contributed by atoms with E-state index in [1.165, 1.54) is 17.5 Å². The molecule has 0 fully saturated rings. The topological polar surface area (TPSA) is 60.2 Å². The maximum atomic E-state index is 10.9. The van der Waals surface area contributed by atoms with Crippen molar-refractivity contribution in [3.05, 3.63) is 35.4 Å². The molecule has 0 spiro atoms. The Morgan fingerprint density at radius 3 is 2.88 bits per heavy atom. The number of benzene rings is 1. The van der Waals surface area contributed by atoms with Crippen molar-refractivity contribution in [1.29, 1.82) is 0 Å². The Balaban J connectivity index is 1.99. The van der Waals surface area contributed by atoms with Crippen LogP contribution in [0.1, 0.15) is 29.2 Å². The van der Waals surface area contributed by atoms with Gasteiger partial charge in [0.15, 0.2) is 0 Å². The van der Waals surface area contributed by atoms with Crippen LogP contribution in [0.3, 0.4) is 0 Å². The average Bonchev–Trinajstić information content (AvgIpc) is 2.28. The molecule has 1 aliphatic rings. The minimum atomic E-state index is -3.32. The Hall–Kier alpha value is -0.520. The van der Waals surface area contributed by atoms with Crippen molar-refractivity contribution < 1.29 is 8.42 Å². The molecule has 5 heteroatoms. The summed E-state index contributed by atoms with van der Waals surface area (Å²) in [6.07, 6.45) is 3.46. The fraction of sp³-hybridized carbons (Fsp3) is 0.500. The number of hydrogen-bond donors (Lipinski definition) is 1. The molecule has 3 nitrogen and oxygen atoms in total. The van der Waals surface area contributed by atoms with E-state index in [0.29, 0.717) is 11.0 Å². The van der Waals surface area contributed by atoms with Gasteiger partial charge < -0.3 is 0 Å². The Bertz CT molecular complexity index is 485. The first-order valence-electron chi connectivity index (χ1n) is 5.76. The van der Waals surface area contributed by atoms with Crippen molar-refractivity contribution >= 4 is 21.8 Å². The smallest absolute Gasteiger partial charge is 0.209 e. The van der Waals surface area contributed by atoms with Gasteiger partial charge in [0.1, 0.15) is 0 Å². The highest BCUT2D eigenvalue weighted by molar-refractivity contribution is 8.00. The molecule has 0 heterocycles. The zero-order chi connectivity index (χ0) is 12.3. The Kier molecular flexibility index (Phi) is 4.12. The largest absolute Gasteiger partial charge is 0.229 e. The van der Waals surface area contributed by atoms with Gasteiger partial charge in [-0.2, -0.15) is 11.8 Å². The van der Waals surface area contributed by atoms with E-state index in [1.54, 1.807) is 11.8 Å². The highest BCUT2D eigenvalue weighted by Crippen LogP contribution is 2.39. The van der Waals surface area contributed by atoms with E-state index in [9.17, 15) is 8.42 Å². The lowest BCUT2D eigenvalue weighted by molar-refractivity contribution is 0.599. The first-order valence-corrected chi connectivity index (χ1v) is 8.52. The summed E-state index contributed by atoms with van der Waals surface area (Å²) in [4.78, 5) is 0. The number of sulfonamides is 1. The SMILES string of the molecule is NS(=O)(=O)CCS[C@H]1CCCc2ccccc21. The molecule has 0 saturated carbocycles. The minimum Gasteiger partial charge on any atom is -0.229 e. The summed E-state index contributed by atoms with van der Waals surface area (Å²) >= 11 is 1.71. The highest BCUT2D eigenvalue weighted by atomic mass is 32.2. The van der Waals surface area contributed by atoms with E-state index in [4.69, 9.17) is 5.14 Å². The molecule has 0 radical (unpaired) electrons. The van der Waals surface area contributed by atoms with Crippen LogP contribution in [0.15, 0.2) is 24.3 Å². The van der Waals surface area contributed by atoms with Crippen molar-refractivity contribution in [3.8, 4) is 0 Å². The van der Waals surface area contributed by atoms with E-state index in [-0.39, 0.29) is 5.75 Å². The summed E-state index contributed by atoms with van der Waals surface area (Å²) in [6.45, 7) is 0. The molecule has 1 aliphatic carbocycles. The number of aryl methyl sites for hydroxylation is 1. The van der Waals surface area contributed by atoms with Crippen molar-refractivity contribution in [2.24, 2.45) is 5.14 Å². The van der Waals surface area contributed by atoms with Crippen LogP contribution in [0.25, 0.3) is 0 Å². The minimum absolute atomic E-state index is 0.0658. The van der Waals surface area contributed by atoms with Crippen molar-refractivity contribution in [1.82, 2.24) is 0 Å². The zero-order valence-corrected chi connectivity index (χ0v) is 11.3. The molecule has 2 N–H and O–H groups in total. The number of nitrogens with two attached hydrogens (primary N) is 1. The summed E-state index contributed by atoms with van der Waals surface area (Å²) in [5.74, 6) is 0.647. The molecule has 94 valence electrons. The van der Waals surface area contributed by atoms with Crippen molar-refractivity contribution in [3.63, 3.8) is 0 Å². The third-order valence-electron chi connectivity index (χ3n) is 3.00. The third-order valence-corrected chi connectivity index (χ3v) is 5.36. The van der Waals surface area contributed by atoms with Crippen molar-refractivity contribution in [2.45, 2.75) is 24.5 Å². The lowest BCUT2D eigenvalue weighted by atomic mass is 9.91. The van der Waals surface area contributed by atoms with E-state index in [2.05, 4.69) is 24.3 Å². The van der Waals surface area contributed by atoms with Gasteiger partial charge in [-0.05, 0) is 30.4 Å². The van der Waals surface area contributed by atoms with Crippen LogP contribution >= 0.6 is 11.8 Å². The van der Waals surface area contributed by atoms with Crippen LogP contribution in [-0.4, -0.2) is 19.9 Å². The monoisotopic (exact) mass is 271 g/mol. The van der Waals surface area contributed by atoms with Crippen LogP contribution in [0.5, 0.6) is 0 Å². The summed E-state index contributed by atoms with van der Waals surface area (Å²) in [6, 6.07) is 8.44. The Morgan fingerprint density at radius 2 is 2.12 bits per heavy atom. The molecule has 0 amide bonds. The van der Waals surface area contributed by atoms with Crippen molar-refractivity contribution in [2.75, 3.05) is 11.5 Å². The summed E-state index contributed by atoms with van der Waals surface area (Å²) in [7, 11) is -3.32. The number of primary sulfonamides is 1. The second kappa shape index (κ2) is 5.42. The Morgan fingerprint density at radius 1 is 1.35 bits per heavy atom. The summed E-state index contributed by atoms with van der Waals surface area (Å²) in [5, 5.41) is 5.44. The predicted octanol–water partition coefficient (Wildman–Crippen LogP) is 2.09. The highest BCUT2D eigenvalue weighted by Gasteiger charge is 2.20. The standard InChI is InChI=1S/C12H17NO2S2/c13-17(14,15)9-8-16-12-7-3-5-10-4-1-2-6-11(10)12/h1-2,4,6,12H,3,5,7-9H2,(H2,13,14,15)/t12-/m0/s1. The zero-order valence-electron chi connectivity index (χ0n) is 9.63. The van der Waals surface area contributed by atoms with Gasteiger partial charge in [-0.1, -0.05) is 24.3 Å². The second-order valence-corrected chi connectivity index (χ2v) is 7.36. The molecule has 1 aromatic rings. The molecule has 0 bridgehead atoms. The van der Waals surface area contributed by atoms with Crippen LogP contribution in [0, 0.1) is 0 Å². The fourth-order valence-electron chi connectivity index (χ4n) is 2.19. The Labute approximate surface area is 107 Å². The van der Waals surface area contributed by atoms with E-state index >= 15 is 0 Å². The maximum absolute atomic E-state index is 10.9. The third kappa shape index (κ3) is 3.72. The predicted molar refractivity (Wildman–Crippen MR) is 72.6 cm³/mol. The van der Waals surface area contributed by atoms with Gasteiger partial charge >= 0.3 is 0 Å².